The maximum atomic E-state index is 6.34. The first kappa shape index (κ1) is 21.9. The van der Waals surface area contributed by atoms with Crippen LogP contribution in [0.3, 0.4) is 0 Å². The lowest BCUT2D eigenvalue weighted by atomic mass is 9.89. The van der Waals surface area contributed by atoms with Crippen LogP contribution in [0.1, 0.15) is 56.1 Å². The maximum absolute atomic E-state index is 6.34. The van der Waals surface area contributed by atoms with Crippen LogP contribution < -0.4 is 5.73 Å². The van der Waals surface area contributed by atoms with E-state index in [1.165, 1.54) is 0 Å². The Morgan fingerprint density at radius 2 is 1.81 bits per heavy atom. The summed E-state index contributed by atoms with van der Waals surface area (Å²) < 4.78 is 0. The van der Waals surface area contributed by atoms with Gasteiger partial charge in [-0.25, -0.2) is 15.0 Å². The normalized spacial score (nSPS) is 12.8. The quantitative estimate of drug-likeness (QED) is 0.430. The van der Waals surface area contributed by atoms with Crippen molar-refractivity contribution in [2.45, 2.75) is 53.4 Å². The van der Waals surface area contributed by atoms with Gasteiger partial charge < -0.3 is 5.73 Å². The summed E-state index contributed by atoms with van der Waals surface area (Å²) in [6, 6.07) is 14.6. The van der Waals surface area contributed by atoms with Crippen LogP contribution in [0.4, 0.5) is 5.82 Å². The molecule has 3 heterocycles. The number of anilines is 1. The lowest BCUT2D eigenvalue weighted by Gasteiger charge is -2.18. The first-order valence-corrected chi connectivity index (χ1v) is 11.1. The van der Waals surface area contributed by atoms with E-state index in [2.05, 4.69) is 84.9 Å². The molecule has 1 aromatic carbocycles. The van der Waals surface area contributed by atoms with Crippen molar-refractivity contribution in [1.29, 1.82) is 0 Å². The summed E-state index contributed by atoms with van der Waals surface area (Å²) in [5, 5.41) is 1.07. The van der Waals surface area contributed by atoms with Crippen LogP contribution in [-0.2, 0) is 12.8 Å². The smallest absolute Gasteiger partial charge is 0.127 e. The summed E-state index contributed by atoms with van der Waals surface area (Å²) in [5.74, 6) is 0.787. The monoisotopic (exact) mass is 425 g/mol. The fourth-order valence-electron chi connectivity index (χ4n) is 4.09. The maximum Gasteiger partial charge on any atom is 0.127 e. The molecule has 2 N–H and O–H groups in total. The Kier molecular flexibility index (Phi) is 5.92. The predicted molar refractivity (Wildman–Crippen MR) is 131 cm³/mol. The molecule has 0 saturated carbocycles. The molecule has 164 valence electrons. The van der Waals surface area contributed by atoms with Gasteiger partial charge in [-0.3, -0.25) is 4.98 Å². The molecule has 0 aliphatic heterocycles. The molecule has 0 aliphatic rings. The second-order valence-corrected chi connectivity index (χ2v) is 9.89. The van der Waals surface area contributed by atoms with E-state index >= 15 is 0 Å². The van der Waals surface area contributed by atoms with E-state index in [1.54, 1.807) is 6.33 Å². The van der Waals surface area contributed by atoms with Crippen molar-refractivity contribution >= 4 is 16.7 Å². The highest BCUT2D eigenvalue weighted by Crippen LogP contribution is 2.29. The van der Waals surface area contributed by atoms with Crippen LogP contribution in [-0.4, -0.2) is 19.9 Å². The van der Waals surface area contributed by atoms with Gasteiger partial charge in [0.25, 0.3) is 0 Å². The Morgan fingerprint density at radius 1 is 1.00 bits per heavy atom. The van der Waals surface area contributed by atoms with Crippen LogP contribution in [0.2, 0.25) is 0 Å². The zero-order chi connectivity index (χ0) is 22.9. The second kappa shape index (κ2) is 8.65. The number of nitrogens with zero attached hydrogens (tertiary/aromatic N) is 4. The molecule has 5 heteroatoms. The van der Waals surface area contributed by atoms with Crippen molar-refractivity contribution in [3.63, 3.8) is 0 Å². The Bertz CT molecular complexity index is 1260. The van der Waals surface area contributed by atoms with Crippen LogP contribution >= 0.6 is 0 Å². The molecule has 0 saturated heterocycles. The highest BCUT2D eigenvalue weighted by Gasteiger charge is 2.16. The third kappa shape index (κ3) is 4.93. The largest absolute Gasteiger partial charge is 0.383 e. The van der Waals surface area contributed by atoms with Gasteiger partial charge in [0.15, 0.2) is 0 Å². The fraction of sp³-hybridized carbons (Fsp3) is 0.333. The topological polar surface area (TPSA) is 77.6 Å². The molecule has 0 spiro atoms. The molecule has 32 heavy (non-hydrogen) atoms. The standard InChI is InChI=1S/C27H31N5/c1-17-7-6-10-29-25(17)19-8-9-23-20(12-19)13-21(26(28)32-23)11-18(2)24-14-22(30-16-31-24)15-27(3,4)5/h6-10,12-14,16,18H,11,15H2,1-5H3,(H2,28,32). The molecule has 4 rings (SSSR count). The van der Waals surface area contributed by atoms with Gasteiger partial charge in [-0.1, -0.05) is 39.8 Å². The van der Waals surface area contributed by atoms with Gasteiger partial charge in [-0.15, -0.1) is 0 Å². The summed E-state index contributed by atoms with van der Waals surface area (Å²) in [5.41, 5.74) is 13.8. The van der Waals surface area contributed by atoms with E-state index in [9.17, 15) is 0 Å². The number of benzene rings is 1. The van der Waals surface area contributed by atoms with Crippen LogP contribution in [0, 0.1) is 12.3 Å². The van der Waals surface area contributed by atoms with Crippen LogP contribution in [0.15, 0.2) is 55.0 Å². The summed E-state index contributed by atoms with van der Waals surface area (Å²) >= 11 is 0. The summed E-state index contributed by atoms with van der Waals surface area (Å²) in [7, 11) is 0. The summed E-state index contributed by atoms with van der Waals surface area (Å²) in [6.07, 6.45) is 5.20. The highest BCUT2D eigenvalue weighted by atomic mass is 14.9. The Morgan fingerprint density at radius 3 is 2.56 bits per heavy atom. The molecule has 0 radical (unpaired) electrons. The van der Waals surface area contributed by atoms with Crippen molar-refractivity contribution in [3.8, 4) is 11.3 Å². The number of rotatable bonds is 5. The molecule has 0 fully saturated rings. The molecule has 4 aromatic rings. The molecule has 1 atom stereocenters. The van der Waals surface area contributed by atoms with Crippen molar-refractivity contribution in [1.82, 2.24) is 19.9 Å². The lowest BCUT2D eigenvalue weighted by Crippen LogP contribution is -2.12. The zero-order valence-corrected chi connectivity index (χ0v) is 19.6. The van der Waals surface area contributed by atoms with E-state index in [1.807, 2.05) is 18.3 Å². The van der Waals surface area contributed by atoms with Gasteiger partial charge in [-0.2, -0.15) is 0 Å². The van der Waals surface area contributed by atoms with E-state index in [-0.39, 0.29) is 11.3 Å². The molecular formula is C27H31N5. The molecule has 3 aromatic heterocycles. The predicted octanol–water partition coefficient (Wildman–Crippen LogP) is 5.91. The number of nitrogen functional groups attached to an aromatic ring is 1. The number of aryl methyl sites for hydroxylation is 1. The number of nitrogens with two attached hydrogens (primary N) is 1. The van der Waals surface area contributed by atoms with Crippen molar-refractivity contribution in [2.24, 2.45) is 5.41 Å². The SMILES string of the molecule is Cc1cccnc1-c1ccc2nc(N)c(CC(C)c3cc(CC(C)(C)C)ncn3)cc2c1. The molecule has 0 amide bonds. The van der Waals surface area contributed by atoms with E-state index in [4.69, 9.17) is 5.73 Å². The minimum absolute atomic E-state index is 0.186. The number of hydrogen-bond acceptors (Lipinski definition) is 5. The van der Waals surface area contributed by atoms with E-state index in [0.717, 1.165) is 57.5 Å². The fourth-order valence-corrected chi connectivity index (χ4v) is 4.09. The number of pyridine rings is 2. The minimum Gasteiger partial charge on any atom is -0.383 e. The van der Waals surface area contributed by atoms with Crippen molar-refractivity contribution in [2.75, 3.05) is 5.73 Å². The zero-order valence-electron chi connectivity index (χ0n) is 19.6. The Hall–Kier alpha value is -3.34. The average Bonchev–Trinajstić information content (AvgIpc) is 2.73. The van der Waals surface area contributed by atoms with Gasteiger partial charge in [0.05, 0.1) is 11.2 Å². The van der Waals surface area contributed by atoms with E-state index in [0.29, 0.717) is 5.82 Å². The third-order valence-electron chi connectivity index (χ3n) is 5.70. The first-order valence-electron chi connectivity index (χ1n) is 11.1. The number of fused-ring (bicyclic) bond motifs is 1. The average molecular weight is 426 g/mol. The minimum atomic E-state index is 0.186. The van der Waals surface area contributed by atoms with Gasteiger partial charge >= 0.3 is 0 Å². The highest BCUT2D eigenvalue weighted by molar-refractivity contribution is 5.86. The van der Waals surface area contributed by atoms with Gasteiger partial charge in [0.1, 0.15) is 12.1 Å². The first-order chi connectivity index (χ1) is 15.2. The number of aromatic nitrogens is 4. The molecule has 5 nitrogen and oxygen atoms in total. The molecular weight excluding hydrogens is 394 g/mol. The third-order valence-corrected chi connectivity index (χ3v) is 5.70. The summed E-state index contributed by atoms with van der Waals surface area (Å²) in [6.45, 7) is 10.9. The molecule has 0 bridgehead atoms. The number of hydrogen-bond donors (Lipinski definition) is 1. The van der Waals surface area contributed by atoms with Gasteiger partial charge in [0.2, 0.25) is 0 Å². The van der Waals surface area contributed by atoms with Crippen molar-refractivity contribution < 1.29 is 0 Å². The van der Waals surface area contributed by atoms with Gasteiger partial charge in [0, 0.05) is 34.5 Å². The Balaban J connectivity index is 1.63. The van der Waals surface area contributed by atoms with Crippen LogP contribution in [0.25, 0.3) is 22.2 Å². The molecule has 0 aliphatic carbocycles. The van der Waals surface area contributed by atoms with Crippen molar-refractivity contribution in [3.05, 3.63) is 77.5 Å². The molecule has 1 unspecified atom stereocenters. The van der Waals surface area contributed by atoms with E-state index < -0.39 is 0 Å². The van der Waals surface area contributed by atoms with Crippen LogP contribution in [0.5, 0.6) is 0 Å². The lowest BCUT2D eigenvalue weighted by molar-refractivity contribution is 0.405. The second-order valence-electron chi connectivity index (χ2n) is 9.89. The van der Waals surface area contributed by atoms with Gasteiger partial charge in [-0.05, 0) is 66.6 Å². The Labute approximate surface area is 190 Å². The summed E-state index contributed by atoms with van der Waals surface area (Å²) in [4.78, 5) is 18.2.